The Labute approximate surface area is 82.9 Å². The first kappa shape index (κ1) is 9.18. The van der Waals surface area contributed by atoms with E-state index in [1.807, 2.05) is 30.6 Å². The number of rotatable bonds is 3. The highest BCUT2D eigenvalue weighted by Gasteiger charge is 2.06. The van der Waals surface area contributed by atoms with Gasteiger partial charge in [-0.1, -0.05) is 12.1 Å². The number of nitrogens with zero attached hydrogens (tertiary/aromatic N) is 2. The Morgan fingerprint density at radius 3 is 2.71 bits per heavy atom. The van der Waals surface area contributed by atoms with Gasteiger partial charge < -0.3 is 4.90 Å². The summed E-state index contributed by atoms with van der Waals surface area (Å²) in [5.41, 5.74) is 2.24. The lowest BCUT2D eigenvalue weighted by Crippen LogP contribution is -2.17. The van der Waals surface area contributed by atoms with Crippen LogP contribution in [-0.4, -0.2) is 19.4 Å². The summed E-state index contributed by atoms with van der Waals surface area (Å²) >= 11 is 0. The SMILES string of the molecule is NOCc1ccc(N2C=NCC2)cc1. The molecular weight excluding hydrogens is 178 g/mol. The zero-order valence-electron chi connectivity index (χ0n) is 7.89. The van der Waals surface area contributed by atoms with Crippen molar-refractivity contribution in [3.8, 4) is 0 Å². The molecule has 0 radical (unpaired) electrons. The summed E-state index contributed by atoms with van der Waals surface area (Å²) in [6, 6.07) is 8.11. The summed E-state index contributed by atoms with van der Waals surface area (Å²) in [6.45, 7) is 2.30. The lowest BCUT2D eigenvalue weighted by atomic mass is 10.2. The van der Waals surface area contributed by atoms with Crippen LogP contribution in [0.3, 0.4) is 0 Å². The second-order valence-corrected chi connectivity index (χ2v) is 3.19. The Morgan fingerprint density at radius 2 is 2.14 bits per heavy atom. The molecule has 0 saturated heterocycles. The van der Waals surface area contributed by atoms with Gasteiger partial charge in [0.2, 0.25) is 0 Å². The van der Waals surface area contributed by atoms with Gasteiger partial charge in [0.15, 0.2) is 0 Å². The summed E-state index contributed by atoms with van der Waals surface area (Å²) in [5, 5.41) is 0. The zero-order valence-corrected chi connectivity index (χ0v) is 7.89. The third-order valence-corrected chi connectivity index (χ3v) is 2.21. The molecule has 74 valence electrons. The van der Waals surface area contributed by atoms with Crippen LogP contribution in [0, 0.1) is 0 Å². The van der Waals surface area contributed by atoms with Crippen LogP contribution in [0.5, 0.6) is 0 Å². The molecule has 0 bridgehead atoms. The molecule has 2 N–H and O–H groups in total. The molecule has 1 aliphatic rings. The van der Waals surface area contributed by atoms with Crippen LogP contribution >= 0.6 is 0 Å². The Balaban J connectivity index is 2.09. The number of nitrogens with two attached hydrogens (primary N) is 1. The maximum atomic E-state index is 4.99. The van der Waals surface area contributed by atoms with Gasteiger partial charge in [-0.05, 0) is 17.7 Å². The van der Waals surface area contributed by atoms with E-state index in [2.05, 4.69) is 14.7 Å². The largest absolute Gasteiger partial charge is 0.331 e. The third-order valence-electron chi connectivity index (χ3n) is 2.21. The summed E-state index contributed by atoms with van der Waals surface area (Å²) in [5.74, 6) is 4.99. The Bertz CT molecular complexity index is 321. The molecule has 0 saturated carbocycles. The van der Waals surface area contributed by atoms with Crippen molar-refractivity contribution >= 4 is 12.0 Å². The van der Waals surface area contributed by atoms with Crippen molar-refractivity contribution in [3.05, 3.63) is 29.8 Å². The quantitative estimate of drug-likeness (QED) is 0.723. The first-order valence-corrected chi connectivity index (χ1v) is 4.57. The van der Waals surface area contributed by atoms with Crippen LogP contribution in [0.4, 0.5) is 5.69 Å². The zero-order chi connectivity index (χ0) is 9.80. The summed E-state index contributed by atoms with van der Waals surface area (Å²) in [7, 11) is 0. The molecule has 0 aromatic heterocycles. The van der Waals surface area contributed by atoms with E-state index >= 15 is 0 Å². The lowest BCUT2D eigenvalue weighted by molar-refractivity contribution is 0.124. The second kappa shape index (κ2) is 4.21. The molecule has 2 rings (SSSR count). The Kier molecular flexibility index (Phi) is 2.76. The molecule has 0 aliphatic carbocycles. The normalized spacial score (nSPS) is 15.1. The highest BCUT2D eigenvalue weighted by molar-refractivity contribution is 5.80. The number of hydrogen-bond donors (Lipinski definition) is 1. The third kappa shape index (κ3) is 1.92. The molecule has 4 nitrogen and oxygen atoms in total. The van der Waals surface area contributed by atoms with Crippen LogP contribution in [0.2, 0.25) is 0 Å². The van der Waals surface area contributed by atoms with Gasteiger partial charge in [-0.25, -0.2) is 5.90 Å². The van der Waals surface area contributed by atoms with E-state index in [-0.39, 0.29) is 0 Å². The maximum absolute atomic E-state index is 4.99. The smallest absolute Gasteiger partial charge is 0.0930 e. The molecule has 0 fully saturated rings. The van der Waals surface area contributed by atoms with Gasteiger partial charge in [0.25, 0.3) is 0 Å². The van der Waals surface area contributed by atoms with Crippen LogP contribution in [0.25, 0.3) is 0 Å². The van der Waals surface area contributed by atoms with Crippen molar-refractivity contribution < 1.29 is 4.84 Å². The van der Waals surface area contributed by atoms with Crippen LogP contribution in [0.1, 0.15) is 5.56 Å². The van der Waals surface area contributed by atoms with Crippen molar-refractivity contribution in [1.82, 2.24) is 0 Å². The molecule has 1 aromatic carbocycles. The van der Waals surface area contributed by atoms with Crippen molar-refractivity contribution in [2.24, 2.45) is 10.9 Å². The van der Waals surface area contributed by atoms with Crippen LogP contribution in [0.15, 0.2) is 29.3 Å². The molecule has 0 atom stereocenters. The molecule has 0 spiro atoms. The van der Waals surface area contributed by atoms with E-state index in [0.29, 0.717) is 6.61 Å². The molecule has 4 heteroatoms. The van der Waals surface area contributed by atoms with Crippen LogP contribution in [-0.2, 0) is 11.4 Å². The van der Waals surface area contributed by atoms with E-state index in [0.717, 1.165) is 24.3 Å². The van der Waals surface area contributed by atoms with E-state index < -0.39 is 0 Å². The first-order valence-electron chi connectivity index (χ1n) is 4.57. The van der Waals surface area contributed by atoms with Gasteiger partial charge >= 0.3 is 0 Å². The molecule has 14 heavy (non-hydrogen) atoms. The molecule has 1 aromatic rings. The summed E-state index contributed by atoms with van der Waals surface area (Å²) in [6.07, 6.45) is 1.87. The second-order valence-electron chi connectivity index (χ2n) is 3.19. The predicted octanol–water partition coefficient (Wildman–Crippen LogP) is 0.925. The van der Waals surface area contributed by atoms with Gasteiger partial charge in [-0.2, -0.15) is 0 Å². The van der Waals surface area contributed by atoms with Gasteiger partial charge in [0.1, 0.15) is 0 Å². The van der Waals surface area contributed by atoms with E-state index in [4.69, 9.17) is 5.90 Å². The first-order chi connectivity index (χ1) is 6.90. The monoisotopic (exact) mass is 191 g/mol. The Hall–Kier alpha value is -1.39. The fourth-order valence-electron chi connectivity index (χ4n) is 1.46. The topological polar surface area (TPSA) is 50.9 Å². The Morgan fingerprint density at radius 1 is 1.36 bits per heavy atom. The fourth-order valence-corrected chi connectivity index (χ4v) is 1.46. The van der Waals surface area contributed by atoms with Crippen molar-refractivity contribution in [2.75, 3.05) is 18.0 Å². The molecule has 0 unspecified atom stereocenters. The number of hydrogen-bond acceptors (Lipinski definition) is 4. The number of benzene rings is 1. The fraction of sp³-hybridized carbons (Fsp3) is 0.300. The molecule has 1 aliphatic heterocycles. The molecule has 1 heterocycles. The average Bonchev–Trinajstić information content (AvgIpc) is 2.72. The number of aliphatic imine (C=N–C) groups is 1. The van der Waals surface area contributed by atoms with Gasteiger partial charge in [0, 0.05) is 12.2 Å². The predicted molar refractivity (Wildman–Crippen MR) is 56.1 cm³/mol. The minimum absolute atomic E-state index is 0.453. The van der Waals surface area contributed by atoms with Gasteiger partial charge in [-0.3, -0.25) is 9.83 Å². The maximum Gasteiger partial charge on any atom is 0.0930 e. The highest BCUT2D eigenvalue weighted by Crippen LogP contribution is 2.15. The minimum Gasteiger partial charge on any atom is -0.331 e. The number of anilines is 1. The van der Waals surface area contributed by atoms with E-state index in [1.54, 1.807) is 0 Å². The molecule has 0 amide bonds. The van der Waals surface area contributed by atoms with Crippen molar-refractivity contribution in [3.63, 3.8) is 0 Å². The van der Waals surface area contributed by atoms with E-state index in [9.17, 15) is 0 Å². The molecular formula is C10H13N3O. The van der Waals surface area contributed by atoms with Crippen molar-refractivity contribution in [2.45, 2.75) is 6.61 Å². The summed E-state index contributed by atoms with van der Waals surface area (Å²) < 4.78 is 0. The van der Waals surface area contributed by atoms with Gasteiger partial charge in [0.05, 0.1) is 19.5 Å². The van der Waals surface area contributed by atoms with Gasteiger partial charge in [-0.15, -0.1) is 0 Å². The average molecular weight is 191 g/mol. The van der Waals surface area contributed by atoms with E-state index in [1.165, 1.54) is 0 Å². The minimum atomic E-state index is 0.453. The van der Waals surface area contributed by atoms with Crippen LogP contribution < -0.4 is 10.8 Å². The highest BCUT2D eigenvalue weighted by atomic mass is 16.6. The summed E-state index contributed by atoms with van der Waals surface area (Å²) in [4.78, 5) is 10.8. The standard InChI is InChI=1S/C10H13N3O/c11-14-7-9-1-3-10(4-2-9)13-6-5-12-8-13/h1-4,8H,5-7,11H2. The lowest BCUT2D eigenvalue weighted by Gasteiger charge is -2.13. The van der Waals surface area contributed by atoms with Crippen molar-refractivity contribution in [1.29, 1.82) is 0 Å².